The van der Waals surface area contributed by atoms with Gasteiger partial charge in [0.25, 0.3) is 0 Å². The van der Waals surface area contributed by atoms with Crippen molar-refractivity contribution in [1.29, 1.82) is 0 Å². The molecule has 1 atom stereocenters. The van der Waals surface area contributed by atoms with Crippen LogP contribution in [0.5, 0.6) is 5.75 Å². The lowest BCUT2D eigenvalue weighted by molar-refractivity contribution is -0.117. The van der Waals surface area contributed by atoms with Crippen LogP contribution in [0.15, 0.2) is 77.4 Å². The Balaban J connectivity index is 1.73. The molecule has 0 aliphatic heterocycles. The summed E-state index contributed by atoms with van der Waals surface area (Å²) in [4.78, 5) is 12.9. The molecule has 4 aromatic rings. The van der Waals surface area contributed by atoms with Crippen LogP contribution in [0.4, 0.5) is 0 Å². The first-order valence-electron chi connectivity index (χ1n) is 11.7. The first-order chi connectivity index (χ1) is 16.4. The van der Waals surface area contributed by atoms with Gasteiger partial charge in [0.15, 0.2) is 0 Å². The number of hydrogen-bond acceptors (Lipinski definition) is 3. The van der Waals surface area contributed by atoms with E-state index in [2.05, 4.69) is 42.6 Å². The Morgan fingerprint density at radius 3 is 2.47 bits per heavy atom. The third kappa shape index (κ3) is 4.76. The quantitative estimate of drug-likeness (QED) is 0.297. The Morgan fingerprint density at radius 1 is 1.09 bits per heavy atom. The van der Waals surface area contributed by atoms with Crippen molar-refractivity contribution >= 4 is 22.4 Å². The van der Waals surface area contributed by atoms with Crippen molar-refractivity contribution in [2.45, 2.75) is 40.7 Å². The lowest BCUT2D eigenvalue weighted by Crippen LogP contribution is -2.24. The average molecular weight is 454 g/mol. The van der Waals surface area contributed by atoms with Crippen LogP contribution in [0, 0.1) is 13.8 Å². The Bertz CT molecular complexity index is 1330. The minimum absolute atomic E-state index is 0.0876. The average Bonchev–Trinajstić information content (AvgIpc) is 3.26. The first-order valence-corrected chi connectivity index (χ1v) is 11.7. The van der Waals surface area contributed by atoms with Crippen LogP contribution >= 0.6 is 0 Å². The number of carbonyl (C=O) groups excluding carboxylic acids is 1. The number of fused-ring (bicyclic) bond motifs is 1. The van der Waals surface area contributed by atoms with E-state index in [1.54, 1.807) is 12.3 Å². The summed E-state index contributed by atoms with van der Waals surface area (Å²) >= 11 is 0. The Hall–Kier alpha value is -3.79. The maximum atomic E-state index is 12.9. The van der Waals surface area contributed by atoms with E-state index in [-0.39, 0.29) is 11.9 Å². The molecule has 1 N–H and O–H groups in total. The van der Waals surface area contributed by atoms with Crippen molar-refractivity contribution in [2.75, 3.05) is 6.61 Å². The molecular formula is C30H31NO3. The van der Waals surface area contributed by atoms with Gasteiger partial charge in [0.1, 0.15) is 11.3 Å². The SMILES string of the molecule is CCOc1c(/C(C)=C/C(=O)NC(C)c2ccccc2)cc2c(-c3ccc(C)cc3)coc2c1C. The molecule has 4 rings (SSSR count). The number of ether oxygens (including phenoxy) is 1. The van der Waals surface area contributed by atoms with Gasteiger partial charge in [-0.25, -0.2) is 0 Å². The van der Waals surface area contributed by atoms with E-state index in [0.717, 1.165) is 50.1 Å². The van der Waals surface area contributed by atoms with E-state index in [1.165, 1.54) is 5.56 Å². The number of nitrogens with one attached hydrogen (secondary N) is 1. The van der Waals surface area contributed by atoms with E-state index in [1.807, 2.05) is 58.0 Å². The molecule has 0 spiro atoms. The number of furan rings is 1. The largest absolute Gasteiger partial charge is 0.493 e. The summed E-state index contributed by atoms with van der Waals surface area (Å²) in [6.45, 7) is 10.5. The molecule has 1 aromatic heterocycles. The van der Waals surface area contributed by atoms with Crippen molar-refractivity contribution < 1.29 is 13.9 Å². The highest BCUT2D eigenvalue weighted by atomic mass is 16.5. The number of amides is 1. The molecular weight excluding hydrogens is 422 g/mol. The van der Waals surface area contributed by atoms with Crippen LogP contribution in [-0.2, 0) is 4.79 Å². The van der Waals surface area contributed by atoms with Gasteiger partial charge in [-0.1, -0.05) is 60.2 Å². The molecule has 0 bridgehead atoms. The molecule has 0 radical (unpaired) electrons. The molecule has 1 heterocycles. The van der Waals surface area contributed by atoms with Crippen LogP contribution in [0.25, 0.3) is 27.7 Å². The highest BCUT2D eigenvalue weighted by molar-refractivity contribution is 6.01. The topological polar surface area (TPSA) is 51.5 Å². The lowest BCUT2D eigenvalue weighted by Gasteiger charge is -2.16. The minimum Gasteiger partial charge on any atom is -0.493 e. The van der Waals surface area contributed by atoms with Crippen molar-refractivity contribution in [3.63, 3.8) is 0 Å². The second-order valence-electron chi connectivity index (χ2n) is 8.67. The molecule has 1 unspecified atom stereocenters. The second-order valence-corrected chi connectivity index (χ2v) is 8.67. The van der Waals surface area contributed by atoms with Crippen LogP contribution < -0.4 is 10.1 Å². The summed E-state index contributed by atoms with van der Waals surface area (Å²) in [7, 11) is 0. The van der Waals surface area contributed by atoms with Gasteiger partial charge in [-0.05, 0) is 57.4 Å². The predicted molar refractivity (Wildman–Crippen MR) is 139 cm³/mol. The van der Waals surface area contributed by atoms with Gasteiger partial charge in [-0.3, -0.25) is 4.79 Å². The molecule has 0 aliphatic rings. The highest BCUT2D eigenvalue weighted by Crippen LogP contribution is 2.40. The predicted octanol–water partition coefficient (Wildman–Crippen LogP) is 7.40. The molecule has 0 saturated heterocycles. The molecule has 0 fully saturated rings. The number of aryl methyl sites for hydroxylation is 2. The fourth-order valence-electron chi connectivity index (χ4n) is 4.25. The molecule has 4 heteroatoms. The number of benzene rings is 3. The van der Waals surface area contributed by atoms with Crippen LogP contribution in [0.3, 0.4) is 0 Å². The van der Waals surface area contributed by atoms with Crippen molar-refractivity contribution in [2.24, 2.45) is 0 Å². The summed E-state index contributed by atoms with van der Waals surface area (Å²) < 4.78 is 12.0. The van der Waals surface area contributed by atoms with Crippen LogP contribution in [-0.4, -0.2) is 12.5 Å². The second kappa shape index (κ2) is 10.0. The summed E-state index contributed by atoms with van der Waals surface area (Å²) in [5.41, 5.74) is 7.85. The van der Waals surface area contributed by atoms with E-state index in [9.17, 15) is 4.79 Å². The van der Waals surface area contributed by atoms with Gasteiger partial charge in [0.2, 0.25) is 5.91 Å². The number of carbonyl (C=O) groups is 1. The van der Waals surface area contributed by atoms with E-state index in [4.69, 9.17) is 9.15 Å². The van der Waals surface area contributed by atoms with Gasteiger partial charge >= 0.3 is 0 Å². The van der Waals surface area contributed by atoms with E-state index in [0.29, 0.717) is 6.61 Å². The first kappa shape index (κ1) is 23.4. The number of allylic oxidation sites excluding steroid dienone is 1. The van der Waals surface area contributed by atoms with Crippen molar-refractivity contribution in [3.8, 4) is 16.9 Å². The molecule has 34 heavy (non-hydrogen) atoms. The summed E-state index contributed by atoms with van der Waals surface area (Å²) in [6.07, 6.45) is 3.45. The zero-order chi connectivity index (χ0) is 24.2. The standard InChI is InChI=1S/C30H31NO3/c1-6-33-29-21(4)30-26(27(18-34-30)24-14-12-19(2)13-15-24)17-25(29)20(3)16-28(32)31-22(5)23-10-8-7-9-11-23/h7-18,22H,6H2,1-5H3,(H,31,32)/b20-16+. The fraction of sp³-hybridized carbons (Fsp3) is 0.233. The number of rotatable bonds is 7. The van der Waals surface area contributed by atoms with E-state index >= 15 is 0 Å². The molecule has 174 valence electrons. The highest BCUT2D eigenvalue weighted by Gasteiger charge is 2.19. The Kier molecular flexibility index (Phi) is 6.87. The zero-order valence-corrected chi connectivity index (χ0v) is 20.4. The normalized spacial score (nSPS) is 12.6. The third-order valence-electron chi connectivity index (χ3n) is 6.13. The van der Waals surface area contributed by atoms with E-state index < -0.39 is 0 Å². The van der Waals surface area contributed by atoms with Gasteiger partial charge < -0.3 is 14.5 Å². The van der Waals surface area contributed by atoms with Gasteiger partial charge in [-0.15, -0.1) is 0 Å². The summed E-state index contributed by atoms with van der Waals surface area (Å²) in [5, 5.41) is 4.07. The van der Waals surface area contributed by atoms with Crippen LogP contribution in [0.1, 0.15) is 49.1 Å². The van der Waals surface area contributed by atoms with Crippen LogP contribution in [0.2, 0.25) is 0 Å². The lowest BCUT2D eigenvalue weighted by atomic mass is 9.96. The molecule has 4 nitrogen and oxygen atoms in total. The molecule has 3 aromatic carbocycles. The summed E-state index contributed by atoms with van der Waals surface area (Å²) in [6, 6.07) is 20.3. The smallest absolute Gasteiger partial charge is 0.244 e. The number of hydrogen-bond donors (Lipinski definition) is 1. The van der Waals surface area contributed by atoms with Crippen molar-refractivity contribution in [1.82, 2.24) is 5.32 Å². The van der Waals surface area contributed by atoms with Gasteiger partial charge in [-0.2, -0.15) is 0 Å². The fourth-order valence-corrected chi connectivity index (χ4v) is 4.25. The maximum Gasteiger partial charge on any atom is 0.244 e. The monoisotopic (exact) mass is 453 g/mol. The minimum atomic E-state index is -0.139. The third-order valence-corrected chi connectivity index (χ3v) is 6.13. The van der Waals surface area contributed by atoms with Gasteiger partial charge in [0, 0.05) is 28.2 Å². The van der Waals surface area contributed by atoms with Crippen molar-refractivity contribution in [3.05, 3.63) is 95.3 Å². The molecule has 0 saturated carbocycles. The summed E-state index contributed by atoms with van der Waals surface area (Å²) in [5.74, 6) is 0.609. The molecule has 0 aliphatic carbocycles. The maximum absolute atomic E-state index is 12.9. The zero-order valence-electron chi connectivity index (χ0n) is 20.4. The Morgan fingerprint density at radius 2 is 1.79 bits per heavy atom. The Labute approximate surface area is 201 Å². The van der Waals surface area contributed by atoms with Gasteiger partial charge in [0.05, 0.1) is 18.9 Å². The molecule has 1 amide bonds.